The number of benzene rings is 1. The van der Waals surface area contributed by atoms with Gasteiger partial charge in [0.15, 0.2) is 5.69 Å². The number of methoxy groups -OCH3 is 1. The Morgan fingerprint density at radius 2 is 1.96 bits per heavy atom. The average Bonchev–Trinajstić information content (AvgIpc) is 3.30. The standard InChI is InChI=1S/C19H21N5O3/c1-13(12-24-10-4-9-20-24)22-18(25)15-7-5-14(6-8-15)16-11-21-23(2)17(16)19(26)27-3/h4-11,13H,12H2,1-3H3,(H,22,25). The zero-order chi connectivity index (χ0) is 19.4. The Morgan fingerprint density at radius 3 is 2.59 bits per heavy atom. The number of nitrogens with zero attached hydrogens (tertiary/aromatic N) is 4. The minimum atomic E-state index is -0.459. The van der Waals surface area contributed by atoms with E-state index < -0.39 is 5.97 Å². The Balaban J connectivity index is 1.72. The number of rotatable bonds is 6. The van der Waals surface area contributed by atoms with E-state index in [0.29, 0.717) is 23.4 Å². The summed E-state index contributed by atoms with van der Waals surface area (Å²) in [5.74, 6) is -0.625. The second-order valence-corrected chi connectivity index (χ2v) is 6.20. The van der Waals surface area contributed by atoms with Crippen molar-refractivity contribution in [1.29, 1.82) is 0 Å². The van der Waals surface area contributed by atoms with Crippen LogP contribution in [0, 0.1) is 0 Å². The van der Waals surface area contributed by atoms with Crippen LogP contribution in [0.3, 0.4) is 0 Å². The molecule has 0 aliphatic carbocycles. The smallest absolute Gasteiger partial charge is 0.356 e. The predicted molar refractivity (Wildman–Crippen MR) is 99.1 cm³/mol. The number of aryl methyl sites for hydroxylation is 1. The first-order valence-corrected chi connectivity index (χ1v) is 8.48. The molecule has 2 heterocycles. The third kappa shape index (κ3) is 4.05. The number of nitrogens with one attached hydrogen (secondary N) is 1. The molecular formula is C19H21N5O3. The van der Waals surface area contributed by atoms with Crippen molar-refractivity contribution < 1.29 is 14.3 Å². The third-order valence-electron chi connectivity index (χ3n) is 4.17. The first-order valence-electron chi connectivity index (χ1n) is 8.48. The van der Waals surface area contributed by atoms with Crippen LogP contribution in [0.1, 0.15) is 27.8 Å². The van der Waals surface area contributed by atoms with Gasteiger partial charge in [0.1, 0.15) is 0 Å². The summed E-state index contributed by atoms with van der Waals surface area (Å²) in [4.78, 5) is 24.4. The van der Waals surface area contributed by atoms with Crippen molar-refractivity contribution in [3.8, 4) is 11.1 Å². The van der Waals surface area contributed by atoms with Crippen molar-refractivity contribution in [1.82, 2.24) is 24.9 Å². The molecule has 0 spiro atoms. The molecule has 140 valence electrons. The number of amides is 1. The molecular weight excluding hydrogens is 346 g/mol. The maximum atomic E-state index is 12.4. The number of carbonyl (C=O) groups is 2. The highest BCUT2D eigenvalue weighted by Gasteiger charge is 2.19. The predicted octanol–water partition coefficient (Wildman–Crippen LogP) is 1.89. The Bertz CT molecular complexity index is 929. The molecule has 3 rings (SSSR count). The quantitative estimate of drug-likeness (QED) is 0.672. The molecule has 3 aromatic rings. The summed E-state index contributed by atoms with van der Waals surface area (Å²) >= 11 is 0. The molecule has 1 unspecified atom stereocenters. The van der Waals surface area contributed by atoms with Crippen LogP contribution in [0.5, 0.6) is 0 Å². The molecule has 0 aliphatic heterocycles. The van der Waals surface area contributed by atoms with Gasteiger partial charge in [-0.3, -0.25) is 14.2 Å². The van der Waals surface area contributed by atoms with Crippen molar-refractivity contribution in [3.63, 3.8) is 0 Å². The molecule has 1 atom stereocenters. The number of ether oxygens (including phenoxy) is 1. The highest BCUT2D eigenvalue weighted by Crippen LogP contribution is 2.24. The lowest BCUT2D eigenvalue weighted by molar-refractivity contribution is 0.0589. The van der Waals surface area contributed by atoms with E-state index in [9.17, 15) is 9.59 Å². The molecule has 0 aliphatic rings. The highest BCUT2D eigenvalue weighted by molar-refractivity contribution is 5.97. The molecule has 0 saturated heterocycles. The molecule has 1 N–H and O–H groups in total. The van der Waals surface area contributed by atoms with Gasteiger partial charge in [0, 0.05) is 36.6 Å². The van der Waals surface area contributed by atoms with E-state index in [1.807, 2.05) is 19.2 Å². The molecule has 0 saturated carbocycles. The lowest BCUT2D eigenvalue weighted by Crippen LogP contribution is -2.35. The van der Waals surface area contributed by atoms with Crippen molar-refractivity contribution >= 4 is 11.9 Å². The van der Waals surface area contributed by atoms with Crippen LogP contribution < -0.4 is 5.32 Å². The lowest BCUT2D eigenvalue weighted by atomic mass is 10.0. The summed E-state index contributed by atoms with van der Waals surface area (Å²) in [5.41, 5.74) is 2.34. The van der Waals surface area contributed by atoms with Crippen molar-refractivity contribution in [2.45, 2.75) is 19.5 Å². The second kappa shape index (κ2) is 7.86. The third-order valence-corrected chi connectivity index (χ3v) is 4.17. The number of carbonyl (C=O) groups excluding carboxylic acids is 2. The average molecular weight is 367 g/mol. The van der Waals surface area contributed by atoms with Crippen LogP contribution >= 0.6 is 0 Å². The van der Waals surface area contributed by atoms with Crippen molar-refractivity contribution in [3.05, 3.63) is 60.2 Å². The van der Waals surface area contributed by atoms with Crippen molar-refractivity contribution in [2.75, 3.05) is 7.11 Å². The van der Waals surface area contributed by atoms with Gasteiger partial charge < -0.3 is 10.1 Å². The van der Waals surface area contributed by atoms with Crippen LogP contribution in [-0.2, 0) is 18.3 Å². The first-order chi connectivity index (χ1) is 13.0. The topological polar surface area (TPSA) is 91.0 Å². The van der Waals surface area contributed by atoms with Gasteiger partial charge in [0.25, 0.3) is 5.91 Å². The van der Waals surface area contributed by atoms with E-state index >= 15 is 0 Å². The second-order valence-electron chi connectivity index (χ2n) is 6.20. The monoisotopic (exact) mass is 367 g/mol. The van der Waals surface area contributed by atoms with Gasteiger partial charge in [-0.1, -0.05) is 12.1 Å². The molecule has 2 aromatic heterocycles. The molecule has 27 heavy (non-hydrogen) atoms. The number of esters is 1. The highest BCUT2D eigenvalue weighted by atomic mass is 16.5. The molecule has 0 radical (unpaired) electrons. The normalized spacial score (nSPS) is 11.8. The van der Waals surface area contributed by atoms with Crippen LogP contribution in [0.4, 0.5) is 0 Å². The summed E-state index contributed by atoms with van der Waals surface area (Å²) in [6.45, 7) is 2.52. The van der Waals surface area contributed by atoms with Gasteiger partial charge in [-0.05, 0) is 30.7 Å². The Morgan fingerprint density at radius 1 is 1.22 bits per heavy atom. The minimum absolute atomic E-state index is 0.0682. The fourth-order valence-corrected chi connectivity index (χ4v) is 2.83. The van der Waals surface area contributed by atoms with E-state index in [0.717, 1.165) is 5.56 Å². The van der Waals surface area contributed by atoms with Gasteiger partial charge in [0.05, 0.1) is 19.9 Å². The summed E-state index contributed by atoms with van der Waals surface area (Å²) in [6.07, 6.45) is 5.16. The van der Waals surface area contributed by atoms with E-state index in [2.05, 4.69) is 15.5 Å². The van der Waals surface area contributed by atoms with Gasteiger partial charge in [-0.2, -0.15) is 10.2 Å². The molecule has 1 aromatic carbocycles. The Labute approximate surface area is 156 Å². The van der Waals surface area contributed by atoms with Crippen molar-refractivity contribution in [2.24, 2.45) is 7.05 Å². The van der Waals surface area contributed by atoms with E-state index in [4.69, 9.17) is 4.74 Å². The fraction of sp³-hybridized carbons (Fsp3) is 0.263. The van der Waals surface area contributed by atoms with Gasteiger partial charge in [0.2, 0.25) is 0 Å². The largest absolute Gasteiger partial charge is 0.464 e. The minimum Gasteiger partial charge on any atom is -0.464 e. The summed E-state index contributed by atoms with van der Waals surface area (Å²) in [6, 6.07) is 8.79. The summed E-state index contributed by atoms with van der Waals surface area (Å²) in [5, 5.41) is 11.2. The molecule has 8 heteroatoms. The van der Waals surface area contributed by atoms with Crippen LogP contribution in [0.15, 0.2) is 48.9 Å². The van der Waals surface area contributed by atoms with E-state index in [1.165, 1.54) is 11.8 Å². The summed E-state index contributed by atoms with van der Waals surface area (Å²) < 4.78 is 8.05. The number of hydrogen-bond donors (Lipinski definition) is 1. The SMILES string of the molecule is COC(=O)c1c(-c2ccc(C(=O)NC(C)Cn3cccn3)cc2)cnn1C. The molecule has 0 bridgehead atoms. The van der Waals surface area contributed by atoms with Gasteiger partial charge in [-0.25, -0.2) is 4.79 Å². The summed E-state index contributed by atoms with van der Waals surface area (Å²) in [7, 11) is 3.01. The van der Waals surface area contributed by atoms with E-state index in [1.54, 1.807) is 48.4 Å². The van der Waals surface area contributed by atoms with Gasteiger partial charge >= 0.3 is 5.97 Å². The Hall–Kier alpha value is -3.42. The molecule has 8 nitrogen and oxygen atoms in total. The number of aromatic nitrogens is 4. The first kappa shape index (κ1) is 18.4. The number of hydrogen-bond acceptors (Lipinski definition) is 5. The Kier molecular flexibility index (Phi) is 5.35. The van der Waals surface area contributed by atoms with Gasteiger partial charge in [-0.15, -0.1) is 0 Å². The van der Waals surface area contributed by atoms with Crippen LogP contribution in [-0.4, -0.2) is 44.6 Å². The fourth-order valence-electron chi connectivity index (χ4n) is 2.83. The molecule has 0 fully saturated rings. The van der Waals surface area contributed by atoms with Crippen LogP contribution in [0.2, 0.25) is 0 Å². The lowest BCUT2D eigenvalue weighted by Gasteiger charge is -2.14. The van der Waals surface area contributed by atoms with Crippen LogP contribution in [0.25, 0.3) is 11.1 Å². The maximum absolute atomic E-state index is 12.4. The van der Waals surface area contributed by atoms with E-state index in [-0.39, 0.29) is 11.9 Å². The zero-order valence-corrected chi connectivity index (χ0v) is 15.4. The zero-order valence-electron chi connectivity index (χ0n) is 15.4. The molecule has 1 amide bonds. The maximum Gasteiger partial charge on any atom is 0.356 e.